The van der Waals surface area contributed by atoms with Gasteiger partial charge in [-0.2, -0.15) is 0 Å². The van der Waals surface area contributed by atoms with E-state index in [-0.39, 0.29) is 18.6 Å². The number of aliphatic hydroxyl groups is 1. The Kier molecular flexibility index (Phi) is 7.21. The average molecular weight is 304 g/mol. The number of hydrogen-bond acceptors (Lipinski definition) is 2. The van der Waals surface area contributed by atoms with Gasteiger partial charge < -0.3 is 10.4 Å². The van der Waals surface area contributed by atoms with Crippen LogP contribution in [0.25, 0.3) is 0 Å². The fourth-order valence-corrected chi connectivity index (χ4v) is 2.29. The lowest BCUT2D eigenvalue weighted by Crippen LogP contribution is -2.32. The van der Waals surface area contributed by atoms with Crippen LogP contribution in [0.1, 0.15) is 31.7 Å². The zero-order valence-electron chi connectivity index (χ0n) is 11.0. The molecular weight excluding hydrogens is 285 g/mol. The van der Waals surface area contributed by atoms with Crippen LogP contribution in [0.2, 0.25) is 10.0 Å². The molecule has 19 heavy (non-hydrogen) atoms. The van der Waals surface area contributed by atoms with E-state index in [0.717, 1.165) is 12.0 Å². The van der Waals surface area contributed by atoms with Crippen molar-refractivity contribution in [2.45, 2.75) is 38.6 Å². The van der Waals surface area contributed by atoms with Gasteiger partial charge in [-0.1, -0.05) is 29.3 Å². The van der Waals surface area contributed by atoms with Crippen molar-refractivity contribution in [3.8, 4) is 0 Å². The first-order valence-electron chi connectivity index (χ1n) is 6.37. The number of nitrogens with one attached hydrogen (secondary N) is 1. The molecule has 3 nitrogen and oxygen atoms in total. The smallest absolute Gasteiger partial charge is 0.220 e. The molecule has 0 bridgehead atoms. The summed E-state index contributed by atoms with van der Waals surface area (Å²) in [6.07, 6.45) is 2.47. The molecule has 0 heterocycles. The zero-order chi connectivity index (χ0) is 14.3. The predicted octanol–water partition coefficient (Wildman–Crippen LogP) is 3.20. The topological polar surface area (TPSA) is 49.3 Å². The summed E-state index contributed by atoms with van der Waals surface area (Å²) < 4.78 is 0. The summed E-state index contributed by atoms with van der Waals surface area (Å²) in [6, 6.07) is 5.37. The minimum Gasteiger partial charge on any atom is -0.396 e. The van der Waals surface area contributed by atoms with Crippen LogP contribution in [0.5, 0.6) is 0 Å². The van der Waals surface area contributed by atoms with Gasteiger partial charge in [0.15, 0.2) is 0 Å². The summed E-state index contributed by atoms with van der Waals surface area (Å²) in [4.78, 5) is 11.7. The van der Waals surface area contributed by atoms with Crippen molar-refractivity contribution in [1.82, 2.24) is 5.32 Å². The number of benzene rings is 1. The van der Waals surface area contributed by atoms with Gasteiger partial charge in [-0.15, -0.1) is 0 Å². The molecule has 0 fully saturated rings. The molecule has 1 atom stereocenters. The van der Waals surface area contributed by atoms with Gasteiger partial charge in [0.1, 0.15) is 0 Å². The van der Waals surface area contributed by atoms with E-state index in [9.17, 15) is 4.79 Å². The highest BCUT2D eigenvalue weighted by Crippen LogP contribution is 2.22. The van der Waals surface area contributed by atoms with Crippen LogP contribution in [0.4, 0.5) is 0 Å². The number of aryl methyl sites for hydroxylation is 1. The molecule has 1 aromatic carbocycles. The van der Waals surface area contributed by atoms with Gasteiger partial charge in [-0.25, -0.2) is 0 Å². The highest BCUT2D eigenvalue weighted by molar-refractivity contribution is 6.35. The summed E-state index contributed by atoms with van der Waals surface area (Å²) in [7, 11) is 0. The van der Waals surface area contributed by atoms with E-state index in [1.54, 1.807) is 12.1 Å². The maximum Gasteiger partial charge on any atom is 0.220 e. The summed E-state index contributed by atoms with van der Waals surface area (Å²) in [5.41, 5.74) is 0.921. The van der Waals surface area contributed by atoms with E-state index in [1.165, 1.54) is 0 Å². The molecule has 1 unspecified atom stereocenters. The van der Waals surface area contributed by atoms with Crippen LogP contribution in [-0.4, -0.2) is 23.7 Å². The van der Waals surface area contributed by atoms with Crippen LogP contribution in [0, 0.1) is 0 Å². The van der Waals surface area contributed by atoms with Crippen molar-refractivity contribution < 1.29 is 9.90 Å². The molecule has 106 valence electrons. The van der Waals surface area contributed by atoms with Gasteiger partial charge >= 0.3 is 0 Å². The van der Waals surface area contributed by atoms with E-state index >= 15 is 0 Å². The molecule has 0 radical (unpaired) electrons. The normalized spacial score (nSPS) is 12.2. The number of halogens is 2. The first-order valence-corrected chi connectivity index (χ1v) is 7.12. The number of rotatable bonds is 7. The van der Waals surface area contributed by atoms with Crippen molar-refractivity contribution in [1.29, 1.82) is 0 Å². The lowest BCUT2D eigenvalue weighted by atomic mass is 10.1. The fourth-order valence-electron chi connectivity index (χ4n) is 1.79. The van der Waals surface area contributed by atoms with E-state index in [4.69, 9.17) is 28.3 Å². The Morgan fingerprint density at radius 1 is 1.42 bits per heavy atom. The largest absolute Gasteiger partial charge is 0.396 e. The van der Waals surface area contributed by atoms with Crippen molar-refractivity contribution in [3.63, 3.8) is 0 Å². The molecule has 0 aliphatic rings. The van der Waals surface area contributed by atoms with E-state index in [2.05, 4.69) is 5.32 Å². The Morgan fingerprint density at radius 3 is 2.79 bits per heavy atom. The minimum atomic E-state index is -0.00328. The molecule has 1 rings (SSSR count). The third-order valence-corrected chi connectivity index (χ3v) is 3.43. The fraction of sp³-hybridized carbons (Fsp3) is 0.500. The van der Waals surface area contributed by atoms with Gasteiger partial charge in [0.05, 0.1) is 0 Å². The highest BCUT2D eigenvalue weighted by Gasteiger charge is 2.08. The number of aliphatic hydroxyl groups excluding tert-OH is 1. The average Bonchev–Trinajstić information content (AvgIpc) is 2.35. The molecule has 0 aliphatic carbocycles. The first-order chi connectivity index (χ1) is 9.02. The highest BCUT2D eigenvalue weighted by atomic mass is 35.5. The third kappa shape index (κ3) is 6.28. The molecule has 1 amide bonds. The molecular formula is C14H19Cl2NO2. The van der Waals surface area contributed by atoms with Crippen molar-refractivity contribution in [3.05, 3.63) is 33.8 Å². The molecule has 0 spiro atoms. The van der Waals surface area contributed by atoms with Gasteiger partial charge in [-0.05, 0) is 43.9 Å². The van der Waals surface area contributed by atoms with Crippen molar-refractivity contribution in [2.24, 2.45) is 0 Å². The molecule has 0 saturated carbocycles. The Hall–Kier alpha value is -0.770. The van der Waals surface area contributed by atoms with Crippen molar-refractivity contribution in [2.75, 3.05) is 6.61 Å². The molecule has 0 aromatic heterocycles. The second-order valence-electron chi connectivity index (χ2n) is 4.57. The second-order valence-corrected chi connectivity index (χ2v) is 5.41. The number of carbonyl (C=O) groups is 1. The van der Waals surface area contributed by atoms with Crippen LogP contribution >= 0.6 is 23.2 Å². The molecule has 0 saturated heterocycles. The standard InChI is InChI=1S/C14H19Cl2NO2/c1-10(3-2-8-18)17-14(19)7-5-11-4-6-12(15)9-13(11)16/h4,6,9-10,18H,2-3,5,7-8H2,1H3,(H,17,19). The summed E-state index contributed by atoms with van der Waals surface area (Å²) in [6.45, 7) is 2.09. The molecule has 0 aliphatic heterocycles. The second kappa shape index (κ2) is 8.41. The van der Waals surface area contributed by atoms with E-state index in [0.29, 0.717) is 29.3 Å². The molecule has 1 aromatic rings. The first kappa shape index (κ1) is 16.3. The Bertz CT molecular complexity index is 424. The van der Waals surface area contributed by atoms with Crippen LogP contribution in [0.15, 0.2) is 18.2 Å². The number of amides is 1. The summed E-state index contributed by atoms with van der Waals surface area (Å²) in [5.74, 6) is -0.00328. The van der Waals surface area contributed by atoms with Crippen LogP contribution < -0.4 is 5.32 Å². The van der Waals surface area contributed by atoms with Gasteiger partial charge in [0, 0.05) is 29.1 Å². The number of hydrogen-bond donors (Lipinski definition) is 2. The summed E-state index contributed by atoms with van der Waals surface area (Å²) in [5, 5.41) is 12.8. The monoisotopic (exact) mass is 303 g/mol. The van der Waals surface area contributed by atoms with Gasteiger partial charge in [-0.3, -0.25) is 4.79 Å². The maximum absolute atomic E-state index is 11.7. The lowest BCUT2D eigenvalue weighted by molar-refractivity contribution is -0.121. The maximum atomic E-state index is 11.7. The zero-order valence-corrected chi connectivity index (χ0v) is 12.5. The van der Waals surface area contributed by atoms with Crippen LogP contribution in [-0.2, 0) is 11.2 Å². The molecule has 5 heteroatoms. The van der Waals surface area contributed by atoms with Crippen molar-refractivity contribution >= 4 is 29.1 Å². The number of carbonyl (C=O) groups excluding carboxylic acids is 1. The van der Waals surface area contributed by atoms with E-state index in [1.807, 2.05) is 13.0 Å². The van der Waals surface area contributed by atoms with Crippen LogP contribution in [0.3, 0.4) is 0 Å². The predicted molar refractivity (Wildman–Crippen MR) is 78.7 cm³/mol. The Labute approximate surface area is 123 Å². The SMILES string of the molecule is CC(CCCO)NC(=O)CCc1ccc(Cl)cc1Cl. The Morgan fingerprint density at radius 2 is 2.16 bits per heavy atom. The van der Waals surface area contributed by atoms with E-state index < -0.39 is 0 Å². The quantitative estimate of drug-likeness (QED) is 0.812. The van der Waals surface area contributed by atoms with Gasteiger partial charge in [0.25, 0.3) is 0 Å². The van der Waals surface area contributed by atoms with Gasteiger partial charge in [0.2, 0.25) is 5.91 Å². The lowest BCUT2D eigenvalue weighted by Gasteiger charge is -2.13. The minimum absolute atomic E-state index is 0.00328. The third-order valence-electron chi connectivity index (χ3n) is 2.84. The Balaban J connectivity index is 2.37. The molecule has 2 N–H and O–H groups in total. The summed E-state index contributed by atoms with van der Waals surface area (Å²) >= 11 is 11.9.